The van der Waals surface area contributed by atoms with Crippen LogP contribution in [0.3, 0.4) is 0 Å². The van der Waals surface area contributed by atoms with Crippen molar-refractivity contribution in [2.45, 2.75) is 385 Å². The van der Waals surface area contributed by atoms with Crippen molar-refractivity contribution in [2.24, 2.45) is 0 Å². The number of hydrogen-bond donors (Lipinski definition) is 5. The van der Waals surface area contributed by atoms with Crippen molar-refractivity contribution in [3.63, 3.8) is 0 Å². The molecule has 0 bridgehead atoms. The first-order valence-electron chi connectivity index (χ1n) is 31.4. The van der Waals surface area contributed by atoms with Crippen molar-refractivity contribution in [1.82, 2.24) is 5.32 Å². The number of unbranched alkanes of at least 4 members (excludes halogenated alkanes) is 50. The van der Waals surface area contributed by atoms with E-state index >= 15 is 0 Å². The minimum atomic E-state index is -1.25. The quantitative estimate of drug-likeness (QED) is 0.0390. The van der Waals surface area contributed by atoms with Gasteiger partial charge in [0.25, 0.3) is 0 Å². The lowest BCUT2D eigenvalue weighted by molar-refractivity contribution is -0.132. The first kappa shape index (κ1) is 67.3. The third-order valence-corrected chi connectivity index (χ3v) is 15.3. The Hall–Kier alpha value is -0.690. The maximum absolute atomic E-state index is 12.6. The van der Waals surface area contributed by atoms with E-state index in [0.29, 0.717) is 12.8 Å². The van der Waals surface area contributed by atoms with Crippen LogP contribution in [0, 0.1) is 0 Å². The van der Waals surface area contributed by atoms with Crippen LogP contribution in [0.5, 0.6) is 0 Å². The highest BCUT2D eigenvalue weighted by atomic mass is 16.3. The fourth-order valence-corrected chi connectivity index (χ4v) is 10.4. The second-order valence-corrected chi connectivity index (χ2v) is 22.1. The van der Waals surface area contributed by atoms with E-state index in [9.17, 15) is 25.2 Å². The predicted octanol–water partition coefficient (Wildman–Crippen LogP) is 18.7. The fraction of sp³-hybridized carbons (Fsp3) is 0.984. The number of carbonyl (C=O) groups is 1. The number of hydrogen-bond acceptors (Lipinski definition) is 5. The van der Waals surface area contributed by atoms with Crippen molar-refractivity contribution in [2.75, 3.05) is 6.61 Å². The molecule has 0 fully saturated rings. The first-order valence-corrected chi connectivity index (χ1v) is 31.4. The molecular weight excluding hydrogens is 839 g/mol. The molecule has 1 amide bonds. The van der Waals surface area contributed by atoms with E-state index < -0.39 is 36.9 Å². The van der Waals surface area contributed by atoms with Gasteiger partial charge in [0.1, 0.15) is 12.2 Å². The lowest BCUT2D eigenvalue weighted by Crippen LogP contribution is -2.53. The molecule has 6 heteroatoms. The summed E-state index contributed by atoms with van der Waals surface area (Å²) in [6.07, 6.45) is 67.9. The predicted molar refractivity (Wildman–Crippen MR) is 298 cm³/mol. The summed E-state index contributed by atoms with van der Waals surface area (Å²) in [7, 11) is 0. The smallest absolute Gasteiger partial charge is 0.249 e. The van der Waals surface area contributed by atoms with Gasteiger partial charge in [0, 0.05) is 0 Å². The molecule has 5 N–H and O–H groups in total. The van der Waals surface area contributed by atoms with Crippen molar-refractivity contribution in [3.8, 4) is 0 Å². The van der Waals surface area contributed by atoms with E-state index in [0.717, 1.165) is 38.5 Å². The Morgan fingerprint density at radius 2 is 0.500 bits per heavy atom. The molecule has 408 valence electrons. The number of rotatable bonds is 59. The highest BCUT2D eigenvalue weighted by Gasteiger charge is 2.28. The van der Waals surface area contributed by atoms with Crippen molar-refractivity contribution in [3.05, 3.63) is 0 Å². The van der Waals surface area contributed by atoms with Gasteiger partial charge >= 0.3 is 0 Å². The van der Waals surface area contributed by atoms with Gasteiger partial charge in [-0.1, -0.05) is 348 Å². The zero-order valence-electron chi connectivity index (χ0n) is 46.4. The molecule has 0 heterocycles. The highest BCUT2D eigenvalue weighted by Crippen LogP contribution is 2.19. The van der Waals surface area contributed by atoms with Gasteiger partial charge in [-0.15, -0.1) is 0 Å². The molecule has 0 radical (unpaired) electrons. The Bertz CT molecular complexity index is 948. The second-order valence-electron chi connectivity index (χ2n) is 22.1. The summed E-state index contributed by atoms with van der Waals surface area (Å²) in [4.78, 5) is 12.6. The Morgan fingerprint density at radius 1 is 0.309 bits per heavy atom. The van der Waals surface area contributed by atoms with Crippen LogP contribution in [0.15, 0.2) is 0 Å². The van der Waals surface area contributed by atoms with Gasteiger partial charge < -0.3 is 25.7 Å². The summed E-state index contributed by atoms with van der Waals surface area (Å²) in [6, 6.07) is -0.980. The average Bonchev–Trinajstić information content (AvgIpc) is 3.34. The molecule has 0 aliphatic rings. The van der Waals surface area contributed by atoms with Crippen LogP contribution in [-0.4, -0.2) is 57.3 Å². The Balaban J connectivity index is 3.45. The van der Waals surface area contributed by atoms with E-state index in [-0.39, 0.29) is 0 Å². The average molecular weight is 965 g/mol. The molecule has 0 aliphatic heterocycles. The zero-order valence-corrected chi connectivity index (χ0v) is 46.4. The number of aliphatic hydroxyl groups excluding tert-OH is 4. The molecular formula is C62H125NO5. The molecule has 0 saturated carbocycles. The van der Waals surface area contributed by atoms with E-state index in [1.807, 2.05) is 0 Å². The summed E-state index contributed by atoms with van der Waals surface area (Å²) in [5.41, 5.74) is 0. The molecule has 4 unspecified atom stereocenters. The van der Waals surface area contributed by atoms with Gasteiger partial charge in [0.2, 0.25) is 5.91 Å². The van der Waals surface area contributed by atoms with Crippen LogP contribution in [0.2, 0.25) is 0 Å². The third-order valence-electron chi connectivity index (χ3n) is 15.3. The van der Waals surface area contributed by atoms with E-state index in [1.54, 1.807) is 0 Å². The van der Waals surface area contributed by atoms with Gasteiger partial charge in [-0.2, -0.15) is 0 Å². The number of carbonyl (C=O) groups excluding carboxylic acids is 1. The maximum Gasteiger partial charge on any atom is 0.249 e. The van der Waals surface area contributed by atoms with Crippen LogP contribution in [0.1, 0.15) is 361 Å². The number of amides is 1. The molecule has 0 aromatic carbocycles. The molecule has 0 rings (SSSR count). The summed E-state index contributed by atoms with van der Waals surface area (Å²) in [6.45, 7) is 4.09. The summed E-state index contributed by atoms with van der Waals surface area (Å²) >= 11 is 0. The topological polar surface area (TPSA) is 110 Å². The van der Waals surface area contributed by atoms with Crippen LogP contribution in [0.25, 0.3) is 0 Å². The Kier molecular flexibility index (Phi) is 56.6. The van der Waals surface area contributed by atoms with Crippen LogP contribution < -0.4 is 5.32 Å². The van der Waals surface area contributed by atoms with E-state index in [1.165, 1.54) is 295 Å². The third kappa shape index (κ3) is 50.3. The monoisotopic (exact) mass is 964 g/mol. The second kappa shape index (κ2) is 57.2. The molecule has 0 aromatic rings. The minimum absolute atomic E-state index is 0.376. The van der Waals surface area contributed by atoms with Crippen LogP contribution in [-0.2, 0) is 4.79 Å². The van der Waals surface area contributed by atoms with E-state index in [4.69, 9.17) is 0 Å². The molecule has 0 aromatic heterocycles. The van der Waals surface area contributed by atoms with Crippen LogP contribution >= 0.6 is 0 Å². The van der Waals surface area contributed by atoms with Gasteiger partial charge in [-0.3, -0.25) is 4.79 Å². The summed E-state index contributed by atoms with van der Waals surface area (Å²) < 4.78 is 0. The molecule has 6 nitrogen and oxygen atoms in total. The fourth-order valence-electron chi connectivity index (χ4n) is 10.4. The largest absolute Gasteiger partial charge is 0.394 e. The maximum atomic E-state index is 12.6. The molecule has 0 spiro atoms. The highest BCUT2D eigenvalue weighted by molar-refractivity contribution is 5.80. The van der Waals surface area contributed by atoms with Gasteiger partial charge in [0.15, 0.2) is 0 Å². The summed E-state index contributed by atoms with van der Waals surface area (Å²) in [5.74, 6) is -0.576. The first-order chi connectivity index (χ1) is 33.5. The van der Waals surface area contributed by atoms with E-state index in [2.05, 4.69) is 19.2 Å². The lowest BCUT2D eigenvalue weighted by Gasteiger charge is -2.27. The molecule has 68 heavy (non-hydrogen) atoms. The van der Waals surface area contributed by atoms with Crippen LogP contribution in [0.4, 0.5) is 0 Å². The molecule has 4 atom stereocenters. The Labute approximate surface area is 426 Å². The zero-order chi connectivity index (χ0) is 49.5. The SMILES string of the molecule is CCCCCCCCCCCCCCCCCCCCCCCCCCCCCCCCCCCCCCCCC(O)C(=O)NC(CO)C(O)C(O)CCCCCCCCCCCCCCCC. The standard InChI is InChI=1S/C62H125NO5/c1-3-5-7-9-11-13-15-17-19-20-21-22-23-24-25-26-27-28-29-30-31-32-33-34-35-36-37-38-39-40-41-42-44-46-48-50-52-54-56-60(66)62(68)63-58(57-64)61(67)59(65)55-53-51-49-47-45-43-18-16-14-12-10-8-6-4-2/h58-61,64-67H,3-57H2,1-2H3,(H,63,68). The van der Waals surface area contributed by atoms with Gasteiger partial charge in [-0.25, -0.2) is 0 Å². The molecule has 0 aliphatic carbocycles. The number of aliphatic hydroxyl groups is 4. The minimum Gasteiger partial charge on any atom is -0.394 e. The van der Waals surface area contributed by atoms with Crippen molar-refractivity contribution >= 4 is 5.91 Å². The normalized spacial score (nSPS) is 13.6. The van der Waals surface area contributed by atoms with Gasteiger partial charge in [-0.05, 0) is 12.8 Å². The summed E-state index contributed by atoms with van der Waals surface area (Å²) in [5, 5.41) is 44.0. The van der Waals surface area contributed by atoms with Gasteiger partial charge in [0.05, 0.1) is 18.8 Å². The molecule has 0 saturated heterocycles. The Morgan fingerprint density at radius 3 is 0.706 bits per heavy atom. The van der Waals surface area contributed by atoms with Crippen molar-refractivity contribution < 1.29 is 25.2 Å². The number of nitrogens with one attached hydrogen (secondary N) is 1. The lowest BCUT2D eigenvalue weighted by atomic mass is 9.99. The van der Waals surface area contributed by atoms with Crippen molar-refractivity contribution in [1.29, 1.82) is 0 Å².